The highest BCUT2D eigenvalue weighted by atomic mass is 32.2. The van der Waals surface area contributed by atoms with Crippen LogP contribution in [0.2, 0.25) is 0 Å². The summed E-state index contributed by atoms with van der Waals surface area (Å²) in [5.41, 5.74) is 1.54. The molecule has 2 aliphatic rings. The summed E-state index contributed by atoms with van der Waals surface area (Å²) < 4.78 is 11.0. The van der Waals surface area contributed by atoms with E-state index in [-0.39, 0.29) is 18.7 Å². The number of nitrogens with one attached hydrogen (secondary N) is 1. The van der Waals surface area contributed by atoms with E-state index in [0.29, 0.717) is 23.7 Å². The molecule has 0 aromatic heterocycles. The number of benzene rings is 1. The molecule has 156 valence electrons. The molecule has 0 fully saturated rings. The van der Waals surface area contributed by atoms with Crippen molar-refractivity contribution in [2.24, 2.45) is 4.99 Å². The van der Waals surface area contributed by atoms with Crippen molar-refractivity contribution in [1.82, 2.24) is 10.2 Å². The van der Waals surface area contributed by atoms with E-state index in [4.69, 9.17) is 9.47 Å². The first-order valence-electron chi connectivity index (χ1n) is 9.51. The standard InChI is InChI=1S/C20H25N3O5S/c1-3-8-28-16-5-4-13(9-17(16)27-2)15(11-19(25)26)22-18(24)10-14-12-29-20-21-6-7-23(14)20/h4-5,9,12,15H,3,6-8,10-11H2,1-2H3,(H,22,24)(H,25,26). The lowest BCUT2D eigenvalue weighted by atomic mass is 10.0. The first kappa shape index (κ1) is 21.0. The largest absolute Gasteiger partial charge is 0.493 e. The lowest BCUT2D eigenvalue weighted by Crippen LogP contribution is -2.32. The summed E-state index contributed by atoms with van der Waals surface area (Å²) in [7, 11) is 1.53. The highest BCUT2D eigenvalue weighted by Gasteiger charge is 2.28. The molecule has 0 radical (unpaired) electrons. The number of carboxylic acid groups (broad SMARTS) is 1. The van der Waals surface area contributed by atoms with E-state index >= 15 is 0 Å². The summed E-state index contributed by atoms with van der Waals surface area (Å²) in [6.45, 7) is 4.07. The van der Waals surface area contributed by atoms with Gasteiger partial charge in [0.2, 0.25) is 5.91 Å². The van der Waals surface area contributed by atoms with Gasteiger partial charge in [-0.25, -0.2) is 0 Å². The quantitative estimate of drug-likeness (QED) is 0.601. The second-order valence-corrected chi connectivity index (χ2v) is 7.53. The van der Waals surface area contributed by atoms with Crippen molar-refractivity contribution in [2.45, 2.75) is 32.2 Å². The summed E-state index contributed by atoms with van der Waals surface area (Å²) in [5, 5.41) is 15.0. The van der Waals surface area contributed by atoms with E-state index in [1.807, 2.05) is 17.2 Å². The van der Waals surface area contributed by atoms with E-state index in [1.54, 1.807) is 18.2 Å². The van der Waals surface area contributed by atoms with Crippen LogP contribution in [0.3, 0.4) is 0 Å². The Balaban J connectivity index is 1.71. The van der Waals surface area contributed by atoms with Gasteiger partial charge in [0.25, 0.3) is 0 Å². The van der Waals surface area contributed by atoms with Crippen molar-refractivity contribution in [3.8, 4) is 11.5 Å². The van der Waals surface area contributed by atoms with Crippen LogP contribution in [0, 0.1) is 0 Å². The number of aliphatic imine (C=N–C) groups is 1. The third kappa shape index (κ3) is 5.23. The van der Waals surface area contributed by atoms with Crippen LogP contribution in [0.25, 0.3) is 0 Å². The molecule has 2 heterocycles. The number of fused-ring (bicyclic) bond motifs is 1. The number of carbonyl (C=O) groups is 2. The van der Waals surface area contributed by atoms with Gasteiger partial charge in [-0.05, 0) is 29.5 Å². The Morgan fingerprint density at radius 2 is 2.21 bits per heavy atom. The molecule has 3 rings (SSSR count). The molecule has 1 unspecified atom stereocenters. The number of thioether (sulfide) groups is 1. The Bertz CT molecular complexity index is 839. The second kappa shape index (κ2) is 9.69. The fourth-order valence-electron chi connectivity index (χ4n) is 3.18. The lowest BCUT2D eigenvalue weighted by Gasteiger charge is -2.21. The van der Waals surface area contributed by atoms with Crippen LogP contribution in [0.1, 0.15) is 37.8 Å². The van der Waals surface area contributed by atoms with Crippen molar-refractivity contribution in [3.05, 3.63) is 34.9 Å². The number of methoxy groups -OCH3 is 1. The number of amidine groups is 1. The summed E-state index contributed by atoms with van der Waals surface area (Å²) in [5.74, 6) is -0.132. The number of rotatable bonds is 10. The van der Waals surface area contributed by atoms with Gasteiger partial charge in [0.1, 0.15) is 0 Å². The van der Waals surface area contributed by atoms with Gasteiger partial charge in [0, 0.05) is 12.2 Å². The van der Waals surface area contributed by atoms with E-state index in [2.05, 4.69) is 10.3 Å². The molecule has 0 spiro atoms. The lowest BCUT2D eigenvalue weighted by molar-refractivity contribution is -0.137. The Hall–Kier alpha value is -2.68. The summed E-state index contributed by atoms with van der Waals surface area (Å²) in [6, 6.07) is 4.55. The van der Waals surface area contributed by atoms with Gasteiger partial charge < -0.3 is 24.8 Å². The minimum absolute atomic E-state index is 0.178. The molecule has 1 aromatic rings. The zero-order valence-electron chi connectivity index (χ0n) is 16.5. The van der Waals surface area contributed by atoms with Crippen LogP contribution in [-0.2, 0) is 9.59 Å². The van der Waals surface area contributed by atoms with Gasteiger partial charge in [0.15, 0.2) is 16.7 Å². The molecule has 29 heavy (non-hydrogen) atoms. The molecule has 2 aliphatic heterocycles. The van der Waals surface area contributed by atoms with Crippen LogP contribution in [-0.4, -0.2) is 53.9 Å². The maximum atomic E-state index is 12.6. The average molecular weight is 420 g/mol. The van der Waals surface area contributed by atoms with Gasteiger partial charge in [-0.3, -0.25) is 14.6 Å². The Morgan fingerprint density at radius 1 is 1.38 bits per heavy atom. The maximum absolute atomic E-state index is 12.6. The fraction of sp³-hybridized carbons (Fsp3) is 0.450. The number of hydrogen-bond acceptors (Lipinski definition) is 7. The third-order valence-corrected chi connectivity index (χ3v) is 5.51. The molecule has 0 saturated heterocycles. The smallest absolute Gasteiger partial charge is 0.305 e. The average Bonchev–Trinajstić information content (AvgIpc) is 3.30. The van der Waals surface area contributed by atoms with Crippen molar-refractivity contribution >= 4 is 28.8 Å². The number of amides is 1. The van der Waals surface area contributed by atoms with Gasteiger partial charge in [0.05, 0.1) is 39.1 Å². The highest BCUT2D eigenvalue weighted by molar-refractivity contribution is 8.16. The molecule has 0 aliphatic carbocycles. The molecule has 1 atom stereocenters. The van der Waals surface area contributed by atoms with Crippen LogP contribution >= 0.6 is 11.8 Å². The zero-order chi connectivity index (χ0) is 20.8. The molecule has 1 aromatic carbocycles. The fourth-order valence-corrected chi connectivity index (χ4v) is 4.14. The number of hydrogen-bond donors (Lipinski definition) is 2. The van der Waals surface area contributed by atoms with E-state index < -0.39 is 12.0 Å². The third-order valence-electron chi connectivity index (χ3n) is 4.56. The minimum Gasteiger partial charge on any atom is -0.493 e. The Kier molecular flexibility index (Phi) is 7.03. The van der Waals surface area contributed by atoms with Crippen molar-refractivity contribution in [3.63, 3.8) is 0 Å². The summed E-state index contributed by atoms with van der Waals surface area (Å²) >= 11 is 1.51. The molecule has 1 amide bonds. The van der Waals surface area contributed by atoms with Gasteiger partial charge in [-0.1, -0.05) is 24.8 Å². The van der Waals surface area contributed by atoms with E-state index in [0.717, 1.165) is 30.4 Å². The zero-order valence-corrected chi connectivity index (χ0v) is 17.3. The maximum Gasteiger partial charge on any atom is 0.305 e. The number of carboxylic acids is 1. The molecule has 9 heteroatoms. The van der Waals surface area contributed by atoms with Gasteiger partial charge in [-0.2, -0.15) is 0 Å². The predicted octanol–water partition coefficient (Wildman–Crippen LogP) is 2.77. The summed E-state index contributed by atoms with van der Waals surface area (Å²) in [6.07, 6.45) is 0.811. The van der Waals surface area contributed by atoms with Crippen molar-refractivity contribution in [1.29, 1.82) is 0 Å². The Labute approximate surface area is 174 Å². The molecule has 2 N–H and O–H groups in total. The van der Waals surface area contributed by atoms with Crippen LogP contribution < -0.4 is 14.8 Å². The Morgan fingerprint density at radius 3 is 2.93 bits per heavy atom. The topological polar surface area (TPSA) is 100 Å². The minimum atomic E-state index is -0.995. The first-order chi connectivity index (χ1) is 14.0. The number of aliphatic carboxylic acids is 1. The van der Waals surface area contributed by atoms with Crippen LogP contribution in [0.5, 0.6) is 11.5 Å². The van der Waals surface area contributed by atoms with Crippen molar-refractivity contribution in [2.75, 3.05) is 26.8 Å². The molecule has 0 saturated carbocycles. The molecular weight excluding hydrogens is 394 g/mol. The highest BCUT2D eigenvalue weighted by Crippen LogP contribution is 2.33. The summed E-state index contributed by atoms with van der Waals surface area (Å²) in [4.78, 5) is 30.4. The number of nitrogens with zero attached hydrogens (tertiary/aromatic N) is 2. The molecule has 0 bridgehead atoms. The molecule has 8 nitrogen and oxygen atoms in total. The monoisotopic (exact) mass is 419 g/mol. The predicted molar refractivity (Wildman–Crippen MR) is 111 cm³/mol. The van der Waals surface area contributed by atoms with E-state index in [1.165, 1.54) is 18.9 Å². The molecular formula is C20H25N3O5S. The van der Waals surface area contributed by atoms with E-state index in [9.17, 15) is 14.7 Å². The van der Waals surface area contributed by atoms with Gasteiger partial charge >= 0.3 is 5.97 Å². The number of carbonyl (C=O) groups excluding carboxylic acids is 1. The first-order valence-corrected chi connectivity index (χ1v) is 10.4. The van der Waals surface area contributed by atoms with Crippen LogP contribution in [0.15, 0.2) is 34.3 Å². The van der Waals surface area contributed by atoms with Gasteiger partial charge in [-0.15, -0.1) is 0 Å². The SMILES string of the molecule is CCCOc1ccc(C(CC(=O)O)NC(=O)CC2=CSC3=NCCN23)cc1OC. The van der Waals surface area contributed by atoms with Crippen molar-refractivity contribution < 1.29 is 24.2 Å². The van der Waals surface area contributed by atoms with Crippen LogP contribution in [0.4, 0.5) is 0 Å². The number of ether oxygens (including phenoxy) is 2. The normalized spacial score (nSPS) is 16.0. The second-order valence-electron chi connectivity index (χ2n) is 6.70.